The Labute approximate surface area is 157 Å². The Bertz CT molecular complexity index is 543. The Hall–Kier alpha value is -1.79. The fraction of sp³-hybridized carbons (Fsp3) is 0.650. The molecular formula is C20H33N3O3. The van der Waals surface area contributed by atoms with Crippen molar-refractivity contribution < 1.29 is 14.2 Å². The number of ether oxygens (including phenoxy) is 3. The highest BCUT2D eigenvalue weighted by Crippen LogP contribution is 2.18. The maximum Gasteiger partial charge on any atom is 0.193 e. The minimum absolute atomic E-state index is 0.347. The molecule has 0 aliphatic carbocycles. The molecular weight excluding hydrogens is 330 g/mol. The van der Waals surface area contributed by atoms with E-state index in [0.29, 0.717) is 19.3 Å². The minimum Gasteiger partial charge on any atom is -0.494 e. The van der Waals surface area contributed by atoms with Crippen LogP contribution in [0.4, 0.5) is 0 Å². The fourth-order valence-electron chi connectivity index (χ4n) is 3.14. The Balaban J connectivity index is 1.78. The molecule has 1 heterocycles. The van der Waals surface area contributed by atoms with Crippen LogP contribution in [0.25, 0.3) is 0 Å². The molecule has 1 N–H and O–H groups in total. The van der Waals surface area contributed by atoms with E-state index in [1.165, 1.54) is 0 Å². The lowest BCUT2D eigenvalue weighted by atomic mass is 10.1. The normalized spacial score (nSPS) is 16.0. The summed E-state index contributed by atoms with van der Waals surface area (Å²) >= 11 is 0. The maximum atomic E-state index is 5.94. The van der Waals surface area contributed by atoms with Crippen molar-refractivity contribution in [3.8, 4) is 5.75 Å². The van der Waals surface area contributed by atoms with Crippen LogP contribution in [0.15, 0.2) is 29.3 Å². The number of rotatable bonds is 9. The number of likely N-dealkylation sites (tertiary alicyclic amines) is 1. The molecule has 0 radical (unpaired) electrons. The first-order valence-electron chi connectivity index (χ1n) is 9.55. The lowest BCUT2D eigenvalue weighted by molar-refractivity contribution is 0.00989. The predicted octanol–water partition coefficient (Wildman–Crippen LogP) is 2.68. The van der Waals surface area contributed by atoms with Crippen molar-refractivity contribution in [3.63, 3.8) is 0 Å². The molecule has 1 aromatic rings. The standard InChI is InChI=1S/C20H33N3O3/c1-4-25-19-9-6-5-8-17(19)16-22-20(21-2)23-12-10-18(11-13-23)26-15-7-14-24-3/h5-6,8-9,18H,4,7,10-16H2,1-3H3,(H,21,22). The Morgan fingerprint density at radius 3 is 2.69 bits per heavy atom. The monoisotopic (exact) mass is 363 g/mol. The van der Waals surface area contributed by atoms with Crippen molar-refractivity contribution in [3.05, 3.63) is 29.8 Å². The van der Waals surface area contributed by atoms with Crippen LogP contribution in [0.5, 0.6) is 5.75 Å². The first kappa shape index (κ1) is 20.5. The van der Waals surface area contributed by atoms with Crippen molar-refractivity contribution in [1.29, 1.82) is 0 Å². The largest absolute Gasteiger partial charge is 0.494 e. The summed E-state index contributed by atoms with van der Waals surface area (Å²) in [6, 6.07) is 8.14. The molecule has 146 valence electrons. The number of hydrogen-bond acceptors (Lipinski definition) is 4. The molecule has 0 bridgehead atoms. The highest BCUT2D eigenvalue weighted by molar-refractivity contribution is 5.80. The van der Waals surface area contributed by atoms with Crippen LogP contribution in [-0.4, -0.2) is 64.0 Å². The average Bonchev–Trinajstić information content (AvgIpc) is 2.68. The van der Waals surface area contributed by atoms with Gasteiger partial charge in [-0.1, -0.05) is 18.2 Å². The Morgan fingerprint density at radius 1 is 1.23 bits per heavy atom. The quantitative estimate of drug-likeness (QED) is 0.415. The van der Waals surface area contributed by atoms with E-state index in [2.05, 4.69) is 21.3 Å². The Morgan fingerprint density at radius 2 is 2.00 bits per heavy atom. The van der Waals surface area contributed by atoms with Gasteiger partial charge in [-0.25, -0.2) is 0 Å². The third-order valence-corrected chi connectivity index (χ3v) is 4.51. The zero-order valence-corrected chi connectivity index (χ0v) is 16.4. The summed E-state index contributed by atoms with van der Waals surface area (Å²) in [6.07, 6.45) is 3.37. The zero-order valence-electron chi connectivity index (χ0n) is 16.4. The van der Waals surface area contributed by atoms with Crippen LogP contribution < -0.4 is 10.1 Å². The van der Waals surface area contributed by atoms with Crippen LogP contribution in [-0.2, 0) is 16.0 Å². The molecule has 26 heavy (non-hydrogen) atoms. The topological polar surface area (TPSA) is 55.3 Å². The predicted molar refractivity (Wildman–Crippen MR) is 105 cm³/mol. The van der Waals surface area contributed by atoms with E-state index in [4.69, 9.17) is 14.2 Å². The van der Waals surface area contributed by atoms with Crippen molar-refractivity contribution in [2.75, 3.05) is 47.1 Å². The van der Waals surface area contributed by atoms with Crippen LogP contribution in [0.3, 0.4) is 0 Å². The molecule has 1 aromatic carbocycles. The molecule has 2 rings (SSSR count). The first-order valence-corrected chi connectivity index (χ1v) is 9.55. The molecule has 1 fully saturated rings. The molecule has 6 heteroatoms. The number of nitrogens with one attached hydrogen (secondary N) is 1. The van der Waals surface area contributed by atoms with Gasteiger partial charge in [0.1, 0.15) is 5.75 Å². The van der Waals surface area contributed by atoms with Gasteiger partial charge in [0.2, 0.25) is 0 Å². The second-order valence-corrected chi connectivity index (χ2v) is 6.35. The van der Waals surface area contributed by atoms with E-state index in [-0.39, 0.29) is 0 Å². The van der Waals surface area contributed by atoms with Crippen molar-refractivity contribution in [1.82, 2.24) is 10.2 Å². The van der Waals surface area contributed by atoms with Gasteiger partial charge in [0.15, 0.2) is 5.96 Å². The van der Waals surface area contributed by atoms with Gasteiger partial charge in [0.25, 0.3) is 0 Å². The van der Waals surface area contributed by atoms with Gasteiger partial charge in [-0.3, -0.25) is 4.99 Å². The van der Waals surface area contributed by atoms with Gasteiger partial charge in [-0.2, -0.15) is 0 Å². The van der Waals surface area contributed by atoms with E-state index >= 15 is 0 Å². The maximum absolute atomic E-state index is 5.94. The third-order valence-electron chi connectivity index (χ3n) is 4.51. The number of guanidine groups is 1. The summed E-state index contributed by atoms with van der Waals surface area (Å²) in [5.74, 6) is 1.87. The number of hydrogen-bond donors (Lipinski definition) is 1. The average molecular weight is 364 g/mol. The van der Waals surface area contributed by atoms with E-state index in [1.807, 2.05) is 32.2 Å². The first-order chi connectivity index (χ1) is 12.8. The van der Waals surface area contributed by atoms with Crippen molar-refractivity contribution >= 4 is 5.96 Å². The van der Waals surface area contributed by atoms with Gasteiger partial charge in [0, 0.05) is 52.6 Å². The van der Waals surface area contributed by atoms with Gasteiger partial charge >= 0.3 is 0 Å². The lowest BCUT2D eigenvalue weighted by Crippen LogP contribution is -2.46. The zero-order chi connectivity index (χ0) is 18.6. The molecule has 0 amide bonds. The molecule has 0 atom stereocenters. The van der Waals surface area contributed by atoms with Crippen molar-refractivity contribution in [2.45, 2.75) is 38.8 Å². The molecule has 1 aliphatic heterocycles. The summed E-state index contributed by atoms with van der Waals surface area (Å²) in [5, 5.41) is 3.47. The number of benzene rings is 1. The van der Waals surface area contributed by atoms with E-state index in [1.54, 1.807) is 7.11 Å². The van der Waals surface area contributed by atoms with E-state index in [0.717, 1.165) is 62.8 Å². The second-order valence-electron chi connectivity index (χ2n) is 6.35. The highest BCUT2D eigenvalue weighted by atomic mass is 16.5. The number of methoxy groups -OCH3 is 1. The van der Waals surface area contributed by atoms with Crippen molar-refractivity contribution in [2.24, 2.45) is 4.99 Å². The SMILES string of the molecule is CCOc1ccccc1CNC(=NC)N1CCC(OCCCOC)CC1. The summed E-state index contributed by atoms with van der Waals surface area (Å²) in [6.45, 7) is 6.84. The fourth-order valence-corrected chi connectivity index (χ4v) is 3.14. The number of nitrogens with zero attached hydrogens (tertiary/aromatic N) is 2. The summed E-state index contributed by atoms with van der Waals surface area (Å²) in [4.78, 5) is 6.75. The Kier molecular flexibility index (Phi) is 9.28. The summed E-state index contributed by atoms with van der Waals surface area (Å²) < 4.78 is 16.7. The van der Waals surface area contributed by atoms with Crippen LogP contribution in [0, 0.1) is 0 Å². The van der Waals surface area contributed by atoms with E-state index < -0.39 is 0 Å². The van der Waals surface area contributed by atoms with Gasteiger partial charge in [-0.15, -0.1) is 0 Å². The van der Waals surface area contributed by atoms with Gasteiger partial charge in [-0.05, 0) is 32.3 Å². The molecule has 0 spiro atoms. The molecule has 1 saturated heterocycles. The summed E-state index contributed by atoms with van der Waals surface area (Å²) in [7, 11) is 3.56. The van der Waals surface area contributed by atoms with Crippen LogP contribution in [0.2, 0.25) is 0 Å². The molecule has 0 unspecified atom stereocenters. The lowest BCUT2D eigenvalue weighted by Gasteiger charge is -2.34. The van der Waals surface area contributed by atoms with E-state index in [9.17, 15) is 0 Å². The number of para-hydroxylation sites is 1. The summed E-state index contributed by atoms with van der Waals surface area (Å²) in [5.41, 5.74) is 1.15. The smallest absolute Gasteiger partial charge is 0.193 e. The molecule has 0 saturated carbocycles. The molecule has 6 nitrogen and oxygen atoms in total. The van der Waals surface area contributed by atoms with Crippen LogP contribution >= 0.6 is 0 Å². The third kappa shape index (κ3) is 6.50. The molecule has 1 aliphatic rings. The minimum atomic E-state index is 0.347. The number of piperidine rings is 1. The number of aliphatic imine (C=N–C) groups is 1. The highest BCUT2D eigenvalue weighted by Gasteiger charge is 2.21. The second kappa shape index (κ2) is 11.8. The van der Waals surface area contributed by atoms with Gasteiger partial charge in [0.05, 0.1) is 12.7 Å². The van der Waals surface area contributed by atoms with Crippen LogP contribution in [0.1, 0.15) is 31.7 Å². The van der Waals surface area contributed by atoms with Gasteiger partial charge < -0.3 is 24.4 Å². The molecule has 0 aromatic heterocycles.